The minimum absolute atomic E-state index is 0.537. The lowest BCUT2D eigenvalue weighted by molar-refractivity contribution is 0.360. The Morgan fingerprint density at radius 3 is 2.80 bits per heavy atom. The van der Waals surface area contributed by atoms with E-state index >= 15 is 0 Å². The summed E-state index contributed by atoms with van der Waals surface area (Å²) < 4.78 is 3.20. The third kappa shape index (κ3) is 2.72. The predicted molar refractivity (Wildman–Crippen MR) is 89.9 cm³/mol. The first kappa shape index (κ1) is 14.0. The van der Waals surface area contributed by atoms with Crippen molar-refractivity contribution in [1.29, 1.82) is 0 Å². The van der Waals surface area contributed by atoms with Crippen LogP contribution >= 0.6 is 24.0 Å². The number of H-pyrrole nitrogens is 1. The molecule has 1 N–H and O–H groups in total. The van der Waals surface area contributed by atoms with E-state index in [4.69, 9.17) is 12.2 Å². The molecule has 2 unspecified atom stereocenters. The van der Waals surface area contributed by atoms with Crippen LogP contribution in [0.5, 0.6) is 0 Å². The number of hydrogen-bond donors (Lipinski definition) is 1. The molecule has 1 aromatic heterocycles. The van der Waals surface area contributed by atoms with Crippen molar-refractivity contribution in [2.45, 2.75) is 37.0 Å². The predicted octanol–water partition coefficient (Wildman–Crippen LogP) is 5.06. The van der Waals surface area contributed by atoms with Gasteiger partial charge in [-0.15, -0.1) is 0 Å². The minimum Gasteiger partial charge on any atom is -0.337 e. The Kier molecular flexibility index (Phi) is 4.32. The van der Waals surface area contributed by atoms with Crippen molar-refractivity contribution in [2.24, 2.45) is 0 Å². The first-order chi connectivity index (χ1) is 9.79. The molecule has 0 saturated heterocycles. The second kappa shape index (κ2) is 6.19. The zero-order chi connectivity index (χ0) is 13.9. The van der Waals surface area contributed by atoms with Crippen LogP contribution < -0.4 is 0 Å². The van der Waals surface area contributed by atoms with Gasteiger partial charge in [-0.1, -0.05) is 36.8 Å². The van der Waals surface area contributed by atoms with E-state index in [-0.39, 0.29) is 0 Å². The number of imidazole rings is 1. The highest BCUT2D eigenvalue weighted by Gasteiger charge is 2.24. The second-order valence-electron chi connectivity index (χ2n) is 5.39. The van der Waals surface area contributed by atoms with Crippen LogP contribution in [0, 0.1) is 4.77 Å². The molecule has 2 atom stereocenters. The van der Waals surface area contributed by atoms with E-state index in [1.54, 1.807) is 0 Å². The van der Waals surface area contributed by atoms with Gasteiger partial charge in [-0.3, -0.25) is 0 Å². The molecule has 1 aliphatic rings. The molecule has 1 fully saturated rings. The summed E-state index contributed by atoms with van der Waals surface area (Å²) in [6.45, 7) is 0. The molecule has 0 bridgehead atoms. The van der Waals surface area contributed by atoms with E-state index in [0.717, 1.165) is 10.0 Å². The monoisotopic (exact) mass is 304 g/mol. The molecule has 20 heavy (non-hydrogen) atoms. The smallest absolute Gasteiger partial charge is 0.177 e. The lowest BCUT2D eigenvalue weighted by atomic mass is 9.94. The molecule has 4 heteroatoms. The molecule has 106 valence electrons. The largest absolute Gasteiger partial charge is 0.337 e. The summed E-state index contributed by atoms with van der Waals surface area (Å²) in [6.07, 6.45) is 9.39. The lowest BCUT2D eigenvalue weighted by Gasteiger charge is -2.30. The third-order valence-electron chi connectivity index (χ3n) is 4.18. The fourth-order valence-electron chi connectivity index (χ4n) is 3.14. The minimum atomic E-state index is 0.537. The van der Waals surface area contributed by atoms with Gasteiger partial charge in [0.05, 0.1) is 5.69 Å². The molecule has 2 aromatic rings. The highest BCUT2D eigenvalue weighted by atomic mass is 32.2. The van der Waals surface area contributed by atoms with Crippen LogP contribution in [0.4, 0.5) is 0 Å². The summed E-state index contributed by atoms with van der Waals surface area (Å²) in [4.78, 5) is 3.24. The van der Waals surface area contributed by atoms with Crippen LogP contribution in [0.2, 0.25) is 0 Å². The van der Waals surface area contributed by atoms with Gasteiger partial charge in [0.2, 0.25) is 0 Å². The van der Waals surface area contributed by atoms with Gasteiger partial charge >= 0.3 is 0 Å². The van der Waals surface area contributed by atoms with Crippen LogP contribution in [-0.2, 0) is 0 Å². The van der Waals surface area contributed by atoms with Crippen molar-refractivity contribution in [3.8, 4) is 11.3 Å². The van der Waals surface area contributed by atoms with E-state index in [2.05, 4.69) is 52.3 Å². The van der Waals surface area contributed by atoms with Gasteiger partial charge in [0.15, 0.2) is 4.77 Å². The SMILES string of the molecule is CSC1CCCC(n2c(-c3ccccc3)c[nH]c2=S)C1. The van der Waals surface area contributed by atoms with E-state index in [1.165, 1.54) is 36.9 Å². The Morgan fingerprint density at radius 1 is 1.25 bits per heavy atom. The van der Waals surface area contributed by atoms with E-state index in [0.29, 0.717) is 6.04 Å². The van der Waals surface area contributed by atoms with Gasteiger partial charge in [-0.2, -0.15) is 11.8 Å². The third-order valence-corrected chi connectivity index (χ3v) is 5.59. The molecule has 0 radical (unpaired) electrons. The number of nitrogens with one attached hydrogen (secondary N) is 1. The number of nitrogens with zero attached hydrogens (tertiary/aromatic N) is 1. The Labute approximate surface area is 129 Å². The molecule has 0 spiro atoms. The Bertz CT molecular complexity index is 615. The maximum Gasteiger partial charge on any atom is 0.177 e. The maximum absolute atomic E-state index is 5.53. The van der Waals surface area contributed by atoms with Crippen molar-refractivity contribution < 1.29 is 0 Å². The molecule has 0 amide bonds. The molecule has 3 rings (SSSR count). The Morgan fingerprint density at radius 2 is 2.05 bits per heavy atom. The van der Waals surface area contributed by atoms with E-state index in [9.17, 15) is 0 Å². The van der Waals surface area contributed by atoms with Crippen LogP contribution in [0.25, 0.3) is 11.3 Å². The van der Waals surface area contributed by atoms with Crippen molar-refractivity contribution in [3.05, 3.63) is 41.3 Å². The van der Waals surface area contributed by atoms with Gasteiger partial charge in [0, 0.05) is 17.5 Å². The number of rotatable bonds is 3. The standard InChI is InChI=1S/C16H20N2S2/c1-20-14-9-5-8-13(10-14)18-15(11-17-16(18)19)12-6-3-2-4-7-12/h2-4,6-7,11,13-14H,5,8-10H2,1H3,(H,17,19). The van der Waals surface area contributed by atoms with Gasteiger partial charge in [-0.05, 0) is 43.3 Å². The summed E-state index contributed by atoms with van der Waals surface area (Å²) >= 11 is 7.53. The van der Waals surface area contributed by atoms with Crippen molar-refractivity contribution >= 4 is 24.0 Å². The topological polar surface area (TPSA) is 20.7 Å². The first-order valence-corrected chi connectivity index (χ1v) is 8.87. The number of aromatic nitrogens is 2. The summed E-state index contributed by atoms with van der Waals surface area (Å²) in [7, 11) is 0. The summed E-state index contributed by atoms with van der Waals surface area (Å²) in [5, 5.41) is 0.772. The summed E-state index contributed by atoms with van der Waals surface area (Å²) in [5.41, 5.74) is 2.47. The lowest BCUT2D eigenvalue weighted by Crippen LogP contribution is -2.21. The molecule has 2 nitrogen and oxygen atoms in total. The van der Waals surface area contributed by atoms with Crippen molar-refractivity contribution in [3.63, 3.8) is 0 Å². The average Bonchev–Trinajstić information content (AvgIpc) is 2.90. The zero-order valence-electron chi connectivity index (χ0n) is 11.7. The number of thioether (sulfide) groups is 1. The van der Waals surface area contributed by atoms with Crippen LogP contribution in [0.3, 0.4) is 0 Å². The van der Waals surface area contributed by atoms with Gasteiger partial charge < -0.3 is 9.55 Å². The van der Waals surface area contributed by atoms with Crippen LogP contribution in [-0.4, -0.2) is 21.1 Å². The molecular weight excluding hydrogens is 284 g/mol. The molecular formula is C16H20N2S2. The number of benzene rings is 1. The highest BCUT2D eigenvalue weighted by molar-refractivity contribution is 7.99. The number of hydrogen-bond acceptors (Lipinski definition) is 2. The van der Waals surface area contributed by atoms with Crippen LogP contribution in [0.1, 0.15) is 31.7 Å². The fraction of sp³-hybridized carbons (Fsp3) is 0.438. The Hall–Kier alpha value is -1.00. The van der Waals surface area contributed by atoms with Gasteiger partial charge in [-0.25, -0.2) is 0 Å². The van der Waals surface area contributed by atoms with Crippen molar-refractivity contribution in [1.82, 2.24) is 9.55 Å². The quantitative estimate of drug-likeness (QED) is 0.800. The van der Waals surface area contributed by atoms with Gasteiger partial charge in [0.1, 0.15) is 0 Å². The molecule has 1 aromatic carbocycles. The van der Waals surface area contributed by atoms with Gasteiger partial charge in [0.25, 0.3) is 0 Å². The summed E-state index contributed by atoms with van der Waals surface area (Å²) in [6, 6.07) is 11.1. The molecule has 0 aliphatic heterocycles. The molecule has 1 heterocycles. The first-order valence-electron chi connectivity index (χ1n) is 7.17. The van der Waals surface area contributed by atoms with Crippen LogP contribution in [0.15, 0.2) is 36.5 Å². The van der Waals surface area contributed by atoms with E-state index < -0.39 is 0 Å². The molecule has 1 saturated carbocycles. The fourth-order valence-corrected chi connectivity index (χ4v) is 4.26. The summed E-state index contributed by atoms with van der Waals surface area (Å²) in [5.74, 6) is 0. The Balaban J connectivity index is 1.97. The average molecular weight is 304 g/mol. The second-order valence-corrected chi connectivity index (χ2v) is 6.92. The zero-order valence-corrected chi connectivity index (χ0v) is 13.3. The normalized spacial score (nSPS) is 22.9. The van der Waals surface area contributed by atoms with E-state index in [1.807, 2.05) is 11.8 Å². The highest BCUT2D eigenvalue weighted by Crippen LogP contribution is 2.36. The molecule has 1 aliphatic carbocycles. The van der Waals surface area contributed by atoms with Crippen molar-refractivity contribution in [2.75, 3.05) is 6.26 Å². The maximum atomic E-state index is 5.53. The number of aromatic amines is 1.